The summed E-state index contributed by atoms with van der Waals surface area (Å²) < 4.78 is 10.1. The molecule has 0 heterocycles. The van der Waals surface area contributed by atoms with E-state index in [0.29, 0.717) is 22.6 Å². The Morgan fingerprint density at radius 3 is 1.27 bits per heavy atom. The molecular weight excluding hydrogens is 280 g/mol. The van der Waals surface area contributed by atoms with E-state index in [1.165, 1.54) is 0 Å². The summed E-state index contributed by atoms with van der Waals surface area (Å²) in [7, 11) is 3.16. The lowest BCUT2D eigenvalue weighted by molar-refractivity contribution is 0.227. The van der Waals surface area contributed by atoms with Crippen molar-refractivity contribution < 1.29 is 19.7 Å². The average Bonchev–Trinajstić information content (AvgIpc) is 2.59. The molecule has 0 aliphatic heterocycles. The fourth-order valence-electron chi connectivity index (χ4n) is 1.90. The highest BCUT2D eigenvalue weighted by atomic mass is 16.5. The highest BCUT2D eigenvalue weighted by Gasteiger charge is 2.06. The number of ether oxygens (including phenoxy) is 2. The Kier molecular flexibility index (Phi) is 5.42. The monoisotopic (exact) mass is 298 g/mol. The molecule has 0 saturated carbocycles. The lowest BCUT2D eigenvalue weighted by Gasteiger charge is -2.07. The van der Waals surface area contributed by atoms with Crippen molar-refractivity contribution in [2.75, 3.05) is 14.2 Å². The van der Waals surface area contributed by atoms with Crippen molar-refractivity contribution in [1.82, 2.24) is 0 Å². The Morgan fingerprint density at radius 1 is 0.682 bits per heavy atom. The van der Waals surface area contributed by atoms with Crippen LogP contribution in [0, 0.1) is 11.8 Å². The number of methoxy groups -OCH3 is 2. The summed E-state index contributed by atoms with van der Waals surface area (Å²) in [5, 5.41) is 20.0. The molecular formula is C18H18O4. The Bertz CT molecular complexity index is 593. The fourth-order valence-corrected chi connectivity index (χ4v) is 1.90. The predicted molar refractivity (Wildman–Crippen MR) is 83.7 cm³/mol. The quantitative estimate of drug-likeness (QED) is 0.851. The summed E-state index contributed by atoms with van der Waals surface area (Å²) in [4.78, 5) is 0. The number of aliphatic hydroxyl groups is 2. The van der Waals surface area contributed by atoms with Crippen molar-refractivity contribution >= 4 is 0 Å². The third-order valence-electron chi connectivity index (χ3n) is 3.22. The lowest BCUT2D eigenvalue weighted by atomic mass is 10.1. The normalized spacial score (nSPS) is 12.7. The number of aliphatic hydroxyl groups excluding tert-OH is 2. The average molecular weight is 298 g/mol. The highest BCUT2D eigenvalue weighted by molar-refractivity contribution is 5.34. The molecule has 0 spiro atoms. The number of hydrogen-bond donors (Lipinski definition) is 2. The van der Waals surface area contributed by atoms with Crippen LogP contribution < -0.4 is 9.47 Å². The van der Waals surface area contributed by atoms with Crippen molar-refractivity contribution in [3.63, 3.8) is 0 Å². The van der Waals surface area contributed by atoms with Gasteiger partial charge in [0.05, 0.1) is 14.2 Å². The van der Waals surface area contributed by atoms with Gasteiger partial charge in [0.1, 0.15) is 23.7 Å². The van der Waals surface area contributed by atoms with E-state index >= 15 is 0 Å². The maximum atomic E-state index is 10.0. The molecule has 0 radical (unpaired) electrons. The van der Waals surface area contributed by atoms with E-state index in [0.717, 1.165) is 0 Å². The van der Waals surface area contributed by atoms with E-state index in [1.54, 1.807) is 62.8 Å². The first-order chi connectivity index (χ1) is 10.6. The van der Waals surface area contributed by atoms with Gasteiger partial charge in [-0.15, -0.1) is 0 Å². The molecule has 2 N–H and O–H groups in total. The third kappa shape index (κ3) is 4.01. The van der Waals surface area contributed by atoms with Crippen LogP contribution in [0.25, 0.3) is 0 Å². The predicted octanol–water partition coefficient (Wildman–Crippen LogP) is 2.47. The first-order valence-corrected chi connectivity index (χ1v) is 6.79. The van der Waals surface area contributed by atoms with E-state index in [2.05, 4.69) is 11.8 Å². The van der Waals surface area contributed by atoms with Crippen LogP contribution in [-0.4, -0.2) is 24.4 Å². The standard InChI is InChI=1S/C18H18O4/c1-21-15-7-3-13(4-8-15)17(19)11-12-18(20)14-5-9-16(22-2)10-6-14/h3-10,17-20H,1-2H3. The summed E-state index contributed by atoms with van der Waals surface area (Å²) in [6.45, 7) is 0. The van der Waals surface area contributed by atoms with E-state index in [9.17, 15) is 10.2 Å². The van der Waals surface area contributed by atoms with Gasteiger partial charge in [0.15, 0.2) is 0 Å². The largest absolute Gasteiger partial charge is 0.497 e. The molecule has 2 atom stereocenters. The second-order valence-electron chi connectivity index (χ2n) is 4.64. The Labute approximate surface area is 129 Å². The molecule has 2 aromatic rings. The van der Waals surface area contributed by atoms with Gasteiger partial charge in [-0.2, -0.15) is 0 Å². The van der Waals surface area contributed by atoms with Gasteiger partial charge in [-0.1, -0.05) is 36.1 Å². The summed E-state index contributed by atoms with van der Waals surface area (Å²) in [6.07, 6.45) is -1.92. The summed E-state index contributed by atoms with van der Waals surface area (Å²) in [5.74, 6) is 6.71. The van der Waals surface area contributed by atoms with Crippen LogP contribution in [0.15, 0.2) is 48.5 Å². The number of rotatable bonds is 4. The molecule has 4 heteroatoms. The van der Waals surface area contributed by atoms with Gasteiger partial charge >= 0.3 is 0 Å². The molecule has 0 saturated heterocycles. The highest BCUT2D eigenvalue weighted by Crippen LogP contribution is 2.19. The second-order valence-corrected chi connectivity index (χ2v) is 4.64. The smallest absolute Gasteiger partial charge is 0.140 e. The molecule has 0 aliphatic carbocycles. The molecule has 0 aliphatic rings. The molecule has 0 amide bonds. The van der Waals surface area contributed by atoms with Crippen molar-refractivity contribution in [2.24, 2.45) is 0 Å². The molecule has 2 unspecified atom stereocenters. The molecule has 0 aromatic heterocycles. The zero-order valence-corrected chi connectivity index (χ0v) is 12.5. The van der Waals surface area contributed by atoms with E-state index in [-0.39, 0.29) is 0 Å². The van der Waals surface area contributed by atoms with E-state index in [4.69, 9.17) is 9.47 Å². The van der Waals surface area contributed by atoms with Crippen LogP contribution in [0.4, 0.5) is 0 Å². The van der Waals surface area contributed by atoms with Gasteiger partial charge in [-0.25, -0.2) is 0 Å². The van der Waals surface area contributed by atoms with Crippen LogP contribution >= 0.6 is 0 Å². The Balaban J connectivity index is 2.06. The van der Waals surface area contributed by atoms with Gasteiger partial charge in [-0.3, -0.25) is 0 Å². The Morgan fingerprint density at radius 2 is 1.00 bits per heavy atom. The minimum absolute atomic E-state index is 0.648. The minimum Gasteiger partial charge on any atom is -0.497 e. The molecule has 2 aromatic carbocycles. The van der Waals surface area contributed by atoms with Gasteiger partial charge in [0.2, 0.25) is 0 Å². The Hall–Kier alpha value is -2.48. The zero-order chi connectivity index (χ0) is 15.9. The summed E-state index contributed by atoms with van der Waals surface area (Å²) in [6, 6.07) is 13.9. The summed E-state index contributed by atoms with van der Waals surface area (Å²) in [5.41, 5.74) is 1.30. The SMILES string of the molecule is COc1ccc(C(O)C#CC(O)c2ccc(OC)cc2)cc1. The number of benzene rings is 2. The van der Waals surface area contributed by atoms with Crippen LogP contribution in [0.1, 0.15) is 23.3 Å². The maximum absolute atomic E-state index is 10.0. The maximum Gasteiger partial charge on any atom is 0.140 e. The summed E-state index contributed by atoms with van der Waals surface area (Å²) >= 11 is 0. The topological polar surface area (TPSA) is 58.9 Å². The lowest BCUT2D eigenvalue weighted by Crippen LogP contribution is -1.97. The zero-order valence-electron chi connectivity index (χ0n) is 12.5. The molecule has 4 nitrogen and oxygen atoms in total. The third-order valence-corrected chi connectivity index (χ3v) is 3.22. The van der Waals surface area contributed by atoms with Crippen LogP contribution in [0.3, 0.4) is 0 Å². The fraction of sp³-hybridized carbons (Fsp3) is 0.222. The van der Waals surface area contributed by atoms with E-state index < -0.39 is 12.2 Å². The van der Waals surface area contributed by atoms with Gasteiger partial charge in [-0.05, 0) is 35.4 Å². The van der Waals surface area contributed by atoms with Crippen LogP contribution in [0.5, 0.6) is 11.5 Å². The molecule has 0 bridgehead atoms. The van der Waals surface area contributed by atoms with E-state index in [1.807, 2.05) is 0 Å². The molecule has 114 valence electrons. The first kappa shape index (κ1) is 15.9. The van der Waals surface area contributed by atoms with Crippen molar-refractivity contribution in [3.05, 3.63) is 59.7 Å². The second kappa shape index (κ2) is 7.51. The van der Waals surface area contributed by atoms with Crippen molar-refractivity contribution in [1.29, 1.82) is 0 Å². The molecule has 22 heavy (non-hydrogen) atoms. The van der Waals surface area contributed by atoms with Gasteiger partial charge in [0.25, 0.3) is 0 Å². The van der Waals surface area contributed by atoms with Gasteiger partial charge in [0, 0.05) is 0 Å². The van der Waals surface area contributed by atoms with Gasteiger partial charge < -0.3 is 19.7 Å². The molecule has 0 fully saturated rings. The first-order valence-electron chi connectivity index (χ1n) is 6.79. The number of hydrogen-bond acceptors (Lipinski definition) is 4. The minimum atomic E-state index is -0.959. The van der Waals surface area contributed by atoms with Crippen molar-refractivity contribution in [3.8, 4) is 23.3 Å². The molecule has 2 rings (SSSR count). The van der Waals surface area contributed by atoms with Crippen LogP contribution in [-0.2, 0) is 0 Å². The van der Waals surface area contributed by atoms with Crippen LogP contribution in [0.2, 0.25) is 0 Å². The van der Waals surface area contributed by atoms with Crippen molar-refractivity contribution in [2.45, 2.75) is 12.2 Å².